The van der Waals surface area contributed by atoms with Crippen molar-refractivity contribution >= 4 is 0 Å². The molecule has 0 bridgehead atoms. The van der Waals surface area contributed by atoms with Gasteiger partial charge in [-0.3, -0.25) is 0 Å². The predicted molar refractivity (Wildman–Crippen MR) is 83.6 cm³/mol. The van der Waals surface area contributed by atoms with Crippen molar-refractivity contribution in [1.29, 1.82) is 0 Å². The van der Waals surface area contributed by atoms with Crippen molar-refractivity contribution < 1.29 is 4.74 Å². The van der Waals surface area contributed by atoms with Gasteiger partial charge in [0, 0.05) is 12.6 Å². The van der Waals surface area contributed by atoms with Crippen LogP contribution >= 0.6 is 0 Å². The summed E-state index contributed by atoms with van der Waals surface area (Å²) in [6.45, 7) is 7.64. The van der Waals surface area contributed by atoms with E-state index in [1.165, 1.54) is 57.8 Å². The summed E-state index contributed by atoms with van der Waals surface area (Å²) in [7, 11) is 2.12. The van der Waals surface area contributed by atoms with Gasteiger partial charge in [-0.2, -0.15) is 0 Å². The minimum absolute atomic E-state index is 0.0998. The Labute approximate surface area is 120 Å². The highest BCUT2D eigenvalue weighted by Crippen LogP contribution is 2.36. The van der Waals surface area contributed by atoms with E-state index in [-0.39, 0.29) is 5.60 Å². The summed E-state index contributed by atoms with van der Waals surface area (Å²) in [6, 6.07) is 0.524. The number of likely N-dealkylation sites (N-methyl/N-ethyl adjacent to an activating group) is 1. The molecule has 0 aromatic heterocycles. The lowest BCUT2D eigenvalue weighted by molar-refractivity contribution is -0.0802. The Morgan fingerprint density at radius 3 is 2.00 bits per heavy atom. The molecule has 1 atom stereocenters. The monoisotopic (exact) mass is 269 g/mol. The average molecular weight is 269 g/mol. The molecule has 1 N–H and O–H groups in total. The topological polar surface area (TPSA) is 21.3 Å². The van der Waals surface area contributed by atoms with E-state index in [4.69, 9.17) is 4.74 Å². The lowest BCUT2D eigenvalue weighted by Gasteiger charge is -2.41. The summed E-state index contributed by atoms with van der Waals surface area (Å²) in [5.74, 6) is 0.832. The summed E-state index contributed by atoms with van der Waals surface area (Å²) in [6.07, 6.45) is 11.8. The maximum atomic E-state index is 6.33. The molecule has 0 radical (unpaired) electrons. The Kier molecular flexibility index (Phi) is 8.01. The van der Waals surface area contributed by atoms with Gasteiger partial charge in [0.05, 0.1) is 5.60 Å². The molecule has 1 aliphatic carbocycles. The first-order valence-electron chi connectivity index (χ1n) is 8.53. The third-order valence-electron chi connectivity index (χ3n) is 5.09. The van der Waals surface area contributed by atoms with E-state index < -0.39 is 0 Å². The molecule has 0 heterocycles. The Hall–Kier alpha value is -0.0800. The lowest BCUT2D eigenvalue weighted by atomic mass is 9.80. The second kappa shape index (κ2) is 8.97. The molecule has 0 aromatic carbocycles. The van der Waals surface area contributed by atoms with Crippen LogP contribution in [0, 0.1) is 5.92 Å². The molecule has 1 fully saturated rings. The van der Waals surface area contributed by atoms with Gasteiger partial charge in [0.2, 0.25) is 0 Å². The Balaban J connectivity index is 2.79. The Morgan fingerprint density at radius 2 is 1.58 bits per heavy atom. The first-order valence-corrected chi connectivity index (χ1v) is 8.53. The zero-order chi connectivity index (χ0) is 14.1. The van der Waals surface area contributed by atoms with Gasteiger partial charge >= 0.3 is 0 Å². The number of hydrogen-bond acceptors (Lipinski definition) is 2. The quantitative estimate of drug-likeness (QED) is 0.654. The van der Waals surface area contributed by atoms with Crippen molar-refractivity contribution in [3.8, 4) is 0 Å². The van der Waals surface area contributed by atoms with Gasteiger partial charge in [0.1, 0.15) is 0 Å². The highest BCUT2D eigenvalue weighted by Gasteiger charge is 2.39. The molecule has 0 spiro atoms. The van der Waals surface area contributed by atoms with Gasteiger partial charge in [-0.15, -0.1) is 0 Å². The molecular formula is C17H35NO. The van der Waals surface area contributed by atoms with E-state index in [1.807, 2.05) is 0 Å². The molecule has 1 saturated carbocycles. The van der Waals surface area contributed by atoms with E-state index in [0.29, 0.717) is 6.04 Å². The van der Waals surface area contributed by atoms with Gasteiger partial charge in [0.15, 0.2) is 0 Å². The van der Waals surface area contributed by atoms with Crippen LogP contribution in [0.5, 0.6) is 0 Å². The molecular weight excluding hydrogens is 234 g/mol. The van der Waals surface area contributed by atoms with Crippen molar-refractivity contribution in [2.24, 2.45) is 5.92 Å². The second-order valence-corrected chi connectivity index (χ2v) is 6.17. The third-order valence-corrected chi connectivity index (χ3v) is 5.09. The predicted octanol–water partition coefficient (Wildman–Crippen LogP) is 4.53. The smallest absolute Gasteiger partial charge is 0.0834 e. The van der Waals surface area contributed by atoms with Crippen molar-refractivity contribution in [2.75, 3.05) is 13.7 Å². The molecule has 19 heavy (non-hydrogen) atoms. The van der Waals surface area contributed by atoms with Crippen molar-refractivity contribution in [3.63, 3.8) is 0 Å². The van der Waals surface area contributed by atoms with Crippen LogP contribution in [0.1, 0.15) is 78.6 Å². The van der Waals surface area contributed by atoms with E-state index in [1.54, 1.807) is 0 Å². The summed E-state index contributed by atoms with van der Waals surface area (Å²) in [5.41, 5.74) is 0.0998. The van der Waals surface area contributed by atoms with Crippen LogP contribution in [0.3, 0.4) is 0 Å². The summed E-state index contributed by atoms with van der Waals surface area (Å²) < 4.78 is 6.33. The molecule has 1 rings (SSSR count). The van der Waals surface area contributed by atoms with Crippen molar-refractivity contribution in [2.45, 2.75) is 90.2 Å². The maximum absolute atomic E-state index is 6.33. The maximum Gasteiger partial charge on any atom is 0.0834 e. The fourth-order valence-corrected chi connectivity index (χ4v) is 3.76. The Bertz CT molecular complexity index is 217. The standard InChI is InChI=1S/C17H35NO/c1-5-15(6-2)14-16(18-4)17(19-7-3)12-10-8-9-11-13-17/h15-16,18H,5-14H2,1-4H3. The molecule has 1 unspecified atom stereocenters. The minimum atomic E-state index is 0.0998. The molecule has 0 amide bonds. The summed E-state index contributed by atoms with van der Waals surface area (Å²) >= 11 is 0. The third kappa shape index (κ3) is 4.75. The van der Waals surface area contributed by atoms with Crippen LogP contribution in [0.15, 0.2) is 0 Å². The SMILES string of the molecule is CCOC1(C(CC(CC)CC)NC)CCCCCC1. The number of hydrogen-bond donors (Lipinski definition) is 1. The molecule has 0 aromatic rings. The lowest BCUT2D eigenvalue weighted by Crippen LogP contribution is -2.52. The highest BCUT2D eigenvalue weighted by molar-refractivity contribution is 4.95. The second-order valence-electron chi connectivity index (χ2n) is 6.17. The fraction of sp³-hybridized carbons (Fsp3) is 1.00. The van der Waals surface area contributed by atoms with E-state index >= 15 is 0 Å². The van der Waals surface area contributed by atoms with Crippen LogP contribution < -0.4 is 5.32 Å². The zero-order valence-electron chi connectivity index (χ0n) is 13.6. The average Bonchev–Trinajstić information content (AvgIpc) is 2.67. The highest BCUT2D eigenvalue weighted by atomic mass is 16.5. The molecule has 2 heteroatoms. The minimum Gasteiger partial charge on any atom is -0.374 e. The van der Waals surface area contributed by atoms with Gasteiger partial charge in [-0.1, -0.05) is 52.4 Å². The van der Waals surface area contributed by atoms with E-state index in [9.17, 15) is 0 Å². The van der Waals surface area contributed by atoms with Gasteiger partial charge in [-0.05, 0) is 39.2 Å². The van der Waals surface area contributed by atoms with Crippen LogP contribution in [-0.2, 0) is 4.74 Å². The van der Waals surface area contributed by atoms with Gasteiger partial charge in [0.25, 0.3) is 0 Å². The number of ether oxygens (including phenoxy) is 1. The van der Waals surface area contributed by atoms with Crippen LogP contribution in [-0.4, -0.2) is 25.3 Å². The molecule has 1 aliphatic rings. The van der Waals surface area contributed by atoms with E-state index in [2.05, 4.69) is 33.1 Å². The van der Waals surface area contributed by atoms with Gasteiger partial charge in [-0.25, -0.2) is 0 Å². The molecule has 2 nitrogen and oxygen atoms in total. The molecule has 0 saturated heterocycles. The van der Waals surface area contributed by atoms with Crippen molar-refractivity contribution in [1.82, 2.24) is 5.32 Å². The largest absolute Gasteiger partial charge is 0.374 e. The first kappa shape index (κ1) is 17.0. The number of nitrogens with one attached hydrogen (secondary N) is 1. The van der Waals surface area contributed by atoms with Crippen LogP contribution in [0.2, 0.25) is 0 Å². The zero-order valence-corrected chi connectivity index (χ0v) is 13.6. The fourth-order valence-electron chi connectivity index (χ4n) is 3.76. The van der Waals surface area contributed by atoms with Crippen LogP contribution in [0.25, 0.3) is 0 Å². The number of rotatable bonds is 8. The molecule has 114 valence electrons. The Morgan fingerprint density at radius 1 is 1.00 bits per heavy atom. The first-order chi connectivity index (χ1) is 9.22. The van der Waals surface area contributed by atoms with Crippen LogP contribution in [0.4, 0.5) is 0 Å². The summed E-state index contributed by atoms with van der Waals surface area (Å²) in [5, 5.41) is 3.60. The van der Waals surface area contributed by atoms with E-state index in [0.717, 1.165) is 12.5 Å². The normalized spacial score (nSPS) is 21.3. The molecule has 0 aliphatic heterocycles. The summed E-state index contributed by atoms with van der Waals surface area (Å²) in [4.78, 5) is 0. The van der Waals surface area contributed by atoms with Gasteiger partial charge < -0.3 is 10.1 Å². The van der Waals surface area contributed by atoms with Crippen molar-refractivity contribution in [3.05, 3.63) is 0 Å².